The minimum atomic E-state index is -0.382. The molecule has 0 saturated carbocycles. The first-order chi connectivity index (χ1) is 15.7. The van der Waals surface area contributed by atoms with Crippen molar-refractivity contribution in [1.82, 2.24) is 14.3 Å². The molecule has 0 aliphatic carbocycles. The first-order valence-electron chi connectivity index (χ1n) is 10.6. The second-order valence-electron chi connectivity index (χ2n) is 7.47. The molecule has 2 aromatic heterocycles. The summed E-state index contributed by atoms with van der Waals surface area (Å²) < 4.78 is 17.5. The quantitative estimate of drug-likeness (QED) is 0.544. The molecule has 0 atom stereocenters. The van der Waals surface area contributed by atoms with E-state index in [0.29, 0.717) is 11.2 Å². The largest absolute Gasteiger partial charge is 0.497 e. The number of ether oxygens (including phenoxy) is 3. The maximum absolute atomic E-state index is 11.9. The van der Waals surface area contributed by atoms with Gasteiger partial charge in [0.05, 0.1) is 33.0 Å². The molecular formula is C24H28N4O4. The minimum Gasteiger partial charge on any atom is -0.497 e. The Labute approximate surface area is 187 Å². The monoisotopic (exact) mass is 436 g/mol. The molecule has 32 heavy (non-hydrogen) atoms. The van der Waals surface area contributed by atoms with E-state index in [0.717, 1.165) is 62.2 Å². The highest BCUT2D eigenvalue weighted by Gasteiger charge is 2.14. The number of fused-ring (bicyclic) bond motifs is 1. The van der Waals surface area contributed by atoms with E-state index in [1.165, 1.54) is 7.11 Å². The maximum atomic E-state index is 11.9. The molecule has 8 nitrogen and oxygen atoms in total. The van der Waals surface area contributed by atoms with E-state index in [-0.39, 0.29) is 5.97 Å². The molecule has 3 heterocycles. The lowest BCUT2D eigenvalue weighted by Crippen LogP contribution is -2.39. The van der Waals surface area contributed by atoms with E-state index in [4.69, 9.17) is 19.2 Å². The molecule has 4 rings (SSSR count). The topological polar surface area (TPSA) is 77.3 Å². The molecule has 1 aliphatic heterocycles. The van der Waals surface area contributed by atoms with Crippen molar-refractivity contribution in [2.75, 3.05) is 58.9 Å². The van der Waals surface area contributed by atoms with E-state index in [1.54, 1.807) is 19.2 Å². The van der Waals surface area contributed by atoms with Crippen LogP contribution in [0.3, 0.4) is 0 Å². The standard InChI is InChI=1S/C24H28N4O4/c1-30-20-6-3-18(4-7-20)5-8-21-23(25-10-12-27-13-15-32-16-14-27)28-11-9-19(24(29)31-2)17-22(28)26-21/h3-9,11,17,25H,10,12-16H2,1-2H3/b8-5+. The number of esters is 1. The average molecular weight is 437 g/mol. The van der Waals surface area contributed by atoms with Crippen molar-refractivity contribution in [3.8, 4) is 5.75 Å². The molecule has 0 unspecified atom stereocenters. The summed E-state index contributed by atoms with van der Waals surface area (Å²) in [7, 11) is 3.03. The number of aromatic nitrogens is 2. The van der Waals surface area contributed by atoms with Gasteiger partial charge in [0.2, 0.25) is 0 Å². The molecule has 3 aromatic rings. The molecule has 1 saturated heterocycles. The molecule has 0 radical (unpaired) electrons. The number of pyridine rings is 1. The Morgan fingerprint density at radius 1 is 1.16 bits per heavy atom. The number of methoxy groups -OCH3 is 2. The number of nitrogens with zero attached hydrogens (tertiary/aromatic N) is 3. The molecule has 168 valence electrons. The summed E-state index contributed by atoms with van der Waals surface area (Å²) in [4.78, 5) is 19.1. The zero-order valence-electron chi connectivity index (χ0n) is 18.4. The van der Waals surface area contributed by atoms with Gasteiger partial charge in [-0.1, -0.05) is 18.2 Å². The van der Waals surface area contributed by atoms with Crippen LogP contribution in [0.25, 0.3) is 17.8 Å². The molecule has 0 spiro atoms. The van der Waals surface area contributed by atoms with Crippen LogP contribution in [0.1, 0.15) is 21.6 Å². The number of benzene rings is 1. The van der Waals surface area contributed by atoms with Crippen LogP contribution >= 0.6 is 0 Å². The van der Waals surface area contributed by atoms with Gasteiger partial charge in [-0.15, -0.1) is 0 Å². The van der Waals surface area contributed by atoms with Crippen LogP contribution in [0.2, 0.25) is 0 Å². The van der Waals surface area contributed by atoms with Gasteiger partial charge < -0.3 is 19.5 Å². The third-order valence-corrected chi connectivity index (χ3v) is 5.45. The molecule has 1 fully saturated rings. The number of anilines is 1. The third-order valence-electron chi connectivity index (χ3n) is 5.45. The van der Waals surface area contributed by atoms with Gasteiger partial charge in [-0.05, 0) is 35.9 Å². The lowest BCUT2D eigenvalue weighted by molar-refractivity contribution is 0.0398. The summed E-state index contributed by atoms with van der Waals surface area (Å²) in [6, 6.07) is 11.3. The van der Waals surface area contributed by atoms with E-state index in [1.807, 2.05) is 47.0 Å². The Morgan fingerprint density at radius 2 is 1.94 bits per heavy atom. The number of nitrogens with one attached hydrogen (secondary N) is 1. The summed E-state index contributed by atoms with van der Waals surface area (Å²) in [5, 5.41) is 3.53. The number of morpholine rings is 1. The Balaban J connectivity index is 1.59. The van der Waals surface area contributed by atoms with Crippen molar-refractivity contribution >= 4 is 29.6 Å². The van der Waals surface area contributed by atoms with E-state index in [9.17, 15) is 4.79 Å². The fraction of sp³-hybridized carbons (Fsp3) is 0.333. The number of carbonyl (C=O) groups excluding carboxylic acids is 1. The number of rotatable bonds is 8. The van der Waals surface area contributed by atoms with Crippen LogP contribution < -0.4 is 10.1 Å². The van der Waals surface area contributed by atoms with E-state index in [2.05, 4.69) is 10.2 Å². The fourth-order valence-electron chi connectivity index (χ4n) is 3.65. The fourth-order valence-corrected chi connectivity index (χ4v) is 3.65. The van der Waals surface area contributed by atoms with Crippen LogP contribution in [0.5, 0.6) is 5.75 Å². The number of carbonyl (C=O) groups is 1. The molecule has 0 bridgehead atoms. The molecule has 1 N–H and O–H groups in total. The average Bonchev–Trinajstić information content (AvgIpc) is 3.19. The first kappa shape index (κ1) is 21.9. The van der Waals surface area contributed by atoms with Gasteiger partial charge in [-0.3, -0.25) is 9.30 Å². The number of hydrogen-bond acceptors (Lipinski definition) is 7. The van der Waals surface area contributed by atoms with Crippen molar-refractivity contribution in [2.24, 2.45) is 0 Å². The number of imidazole rings is 1. The second-order valence-corrected chi connectivity index (χ2v) is 7.47. The van der Waals surface area contributed by atoms with Crippen molar-refractivity contribution < 1.29 is 19.0 Å². The zero-order valence-corrected chi connectivity index (χ0v) is 18.4. The molecule has 1 aromatic carbocycles. The Bertz CT molecular complexity index is 1090. The second kappa shape index (κ2) is 10.3. The zero-order chi connectivity index (χ0) is 22.3. The van der Waals surface area contributed by atoms with Crippen LogP contribution in [0.15, 0.2) is 42.6 Å². The predicted octanol–water partition coefficient (Wildman–Crippen LogP) is 3.04. The van der Waals surface area contributed by atoms with Crippen LogP contribution in [0.4, 0.5) is 5.82 Å². The summed E-state index contributed by atoms with van der Waals surface area (Å²) in [6.07, 6.45) is 5.83. The van der Waals surface area contributed by atoms with Gasteiger partial charge in [0, 0.05) is 32.4 Å². The normalized spacial score (nSPS) is 14.7. The van der Waals surface area contributed by atoms with Gasteiger partial charge in [-0.2, -0.15) is 0 Å². The summed E-state index contributed by atoms with van der Waals surface area (Å²) >= 11 is 0. The molecular weight excluding hydrogens is 408 g/mol. The summed E-state index contributed by atoms with van der Waals surface area (Å²) in [5.41, 5.74) is 2.98. The molecule has 1 aliphatic rings. The Kier molecular flexibility index (Phi) is 7.03. The Hall–Kier alpha value is -3.36. The Morgan fingerprint density at radius 3 is 2.66 bits per heavy atom. The SMILES string of the molecule is COC(=O)c1ccn2c(NCCN3CCOCC3)c(/C=C/c3ccc(OC)cc3)nc2c1. The minimum absolute atomic E-state index is 0.382. The van der Waals surface area contributed by atoms with Crippen LogP contribution in [-0.2, 0) is 9.47 Å². The van der Waals surface area contributed by atoms with Crippen molar-refractivity contribution in [3.63, 3.8) is 0 Å². The van der Waals surface area contributed by atoms with Crippen LogP contribution in [-0.4, -0.2) is 73.9 Å². The van der Waals surface area contributed by atoms with Gasteiger partial charge in [-0.25, -0.2) is 9.78 Å². The van der Waals surface area contributed by atoms with Crippen molar-refractivity contribution in [2.45, 2.75) is 0 Å². The van der Waals surface area contributed by atoms with Crippen molar-refractivity contribution in [1.29, 1.82) is 0 Å². The van der Waals surface area contributed by atoms with Crippen molar-refractivity contribution in [3.05, 3.63) is 59.4 Å². The summed E-state index contributed by atoms with van der Waals surface area (Å²) in [5.74, 6) is 1.32. The van der Waals surface area contributed by atoms with E-state index >= 15 is 0 Å². The smallest absolute Gasteiger partial charge is 0.338 e. The highest BCUT2D eigenvalue weighted by Crippen LogP contribution is 2.22. The van der Waals surface area contributed by atoms with Gasteiger partial charge in [0.1, 0.15) is 22.9 Å². The molecule has 8 heteroatoms. The lowest BCUT2D eigenvalue weighted by atomic mass is 10.2. The number of hydrogen-bond donors (Lipinski definition) is 1. The predicted molar refractivity (Wildman–Crippen MR) is 124 cm³/mol. The maximum Gasteiger partial charge on any atom is 0.338 e. The summed E-state index contributed by atoms with van der Waals surface area (Å²) in [6.45, 7) is 5.14. The lowest BCUT2D eigenvalue weighted by Gasteiger charge is -2.26. The van der Waals surface area contributed by atoms with Gasteiger partial charge >= 0.3 is 5.97 Å². The third kappa shape index (κ3) is 5.09. The van der Waals surface area contributed by atoms with Gasteiger partial charge in [0.25, 0.3) is 0 Å². The highest BCUT2D eigenvalue weighted by molar-refractivity contribution is 5.90. The first-order valence-corrected chi connectivity index (χ1v) is 10.6. The highest BCUT2D eigenvalue weighted by atomic mass is 16.5. The van der Waals surface area contributed by atoms with E-state index < -0.39 is 0 Å². The van der Waals surface area contributed by atoms with Crippen LogP contribution in [0, 0.1) is 0 Å². The molecule has 0 amide bonds. The van der Waals surface area contributed by atoms with Gasteiger partial charge in [0.15, 0.2) is 0 Å².